The van der Waals surface area contributed by atoms with Gasteiger partial charge in [0.25, 0.3) is 0 Å². The Labute approximate surface area is 188 Å². The summed E-state index contributed by atoms with van der Waals surface area (Å²) in [7, 11) is 6.74. The Kier molecular flexibility index (Phi) is 11.4. The van der Waals surface area contributed by atoms with Gasteiger partial charge in [0.15, 0.2) is 11.6 Å². The van der Waals surface area contributed by atoms with Crippen molar-refractivity contribution in [3.63, 3.8) is 0 Å². The number of allylic oxidation sites excluding steroid dienone is 2. The van der Waals surface area contributed by atoms with Crippen molar-refractivity contribution in [2.24, 2.45) is 11.1 Å². The van der Waals surface area contributed by atoms with Crippen molar-refractivity contribution in [2.75, 3.05) is 35.0 Å². The van der Waals surface area contributed by atoms with Crippen LogP contribution in [0.2, 0.25) is 0 Å². The van der Waals surface area contributed by atoms with Gasteiger partial charge in [-0.25, -0.2) is 0 Å². The van der Waals surface area contributed by atoms with Crippen LogP contribution >= 0.6 is 0 Å². The molecule has 0 aliphatic carbocycles. The minimum atomic E-state index is -0.857. The molecule has 0 aromatic carbocycles. The van der Waals surface area contributed by atoms with Crippen LogP contribution in [0.15, 0.2) is 28.5 Å². The highest BCUT2D eigenvalue weighted by molar-refractivity contribution is 5.71. The van der Waals surface area contributed by atoms with Crippen molar-refractivity contribution in [2.45, 2.75) is 83.4 Å². The molecule has 1 rings (SSSR count). The molecule has 1 heterocycles. The van der Waals surface area contributed by atoms with Crippen LogP contribution in [0.5, 0.6) is 0 Å². The standard InChI is InChI=1S/C24H43NO6/c1-19(2)11-15-23(27-5,28-6)20(3)10-9-14-22(4)24(29-7,30-8)16-12-21(18-31-22)13-17-25-26/h11,13,17,20,26H,9-10,12,14-16,18H2,1-8H3/b21-13+,25-17+/t20?,22-/m0/s1. The van der Waals surface area contributed by atoms with Crippen LogP contribution in [0.4, 0.5) is 0 Å². The smallest absolute Gasteiger partial charge is 0.197 e. The second-order valence-electron chi connectivity index (χ2n) is 8.77. The van der Waals surface area contributed by atoms with Gasteiger partial charge in [-0.05, 0) is 58.1 Å². The Morgan fingerprint density at radius 3 is 2.39 bits per heavy atom. The van der Waals surface area contributed by atoms with Crippen LogP contribution in [0.1, 0.15) is 66.2 Å². The van der Waals surface area contributed by atoms with E-state index in [-0.39, 0.29) is 5.92 Å². The molecule has 0 spiro atoms. The molecule has 1 fully saturated rings. The van der Waals surface area contributed by atoms with E-state index < -0.39 is 17.2 Å². The molecule has 1 unspecified atom stereocenters. The Balaban J connectivity index is 2.95. The van der Waals surface area contributed by atoms with Gasteiger partial charge in [-0.1, -0.05) is 23.7 Å². The van der Waals surface area contributed by atoms with E-state index in [1.807, 2.05) is 0 Å². The number of nitrogens with zero attached hydrogens (tertiary/aromatic N) is 1. The predicted molar refractivity (Wildman–Crippen MR) is 123 cm³/mol. The lowest BCUT2D eigenvalue weighted by Crippen LogP contribution is -2.56. The predicted octanol–water partition coefficient (Wildman–Crippen LogP) is 5.08. The molecule has 1 N–H and O–H groups in total. The fourth-order valence-corrected chi connectivity index (χ4v) is 4.44. The molecule has 0 saturated carbocycles. The zero-order valence-corrected chi connectivity index (χ0v) is 20.7. The molecule has 0 aromatic heterocycles. The van der Waals surface area contributed by atoms with E-state index in [0.29, 0.717) is 19.4 Å². The quantitative estimate of drug-likeness (QED) is 0.150. The van der Waals surface area contributed by atoms with Crippen LogP contribution in [0.3, 0.4) is 0 Å². The maximum absolute atomic E-state index is 8.72. The summed E-state index contributed by atoms with van der Waals surface area (Å²) < 4.78 is 29.8. The zero-order chi connectivity index (χ0) is 23.5. The van der Waals surface area contributed by atoms with Gasteiger partial charge in [-0.2, -0.15) is 0 Å². The summed E-state index contributed by atoms with van der Waals surface area (Å²) in [5.74, 6) is -1.32. The van der Waals surface area contributed by atoms with E-state index in [1.54, 1.807) is 34.5 Å². The summed E-state index contributed by atoms with van der Waals surface area (Å²) >= 11 is 0. The van der Waals surface area contributed by atoms with Gasteiger partial charge in [-0.15, -0.1) is 0 Å². The first-order valence-electron chi connectivity index (χ1n) is 11.0. The topological polar surface area (TPSA) is 78.7 Å². The van der Waals surface area contributed by atoms with E-state index in [1.165, 1.54) is 11.8 Å². The van der Waals surface area contributed by atoms with E-state index >= 15 is 0 Å². The lowest BCUT2D eigenvalue weighted by atomic mass is 9.83. The summed E-state index contributed by atoms with van der Waals surface area (Å²) in [6, 6.07) is 0. The zero-order valence-electron chi connectivity index (χ0n) is 20.7. The molecule has 1 saturated heterocycles. The third kappa shape index (κ3) is 6.86. The second-order valence-corrected chi connectivity index (χ2v) is 8.77. The third-order valence-corrected chi connectivity index (χ3v) is 6.72. The molecule has 0 amide bonds. The molecule has 0 aromatic rings. The van der Waals surface area contributed by atoms with Gasteiger partial charge in [0.2, 0.25) is 0 Å². The minimum absolute atomic E-state index is 0.184. The van der Waals surface area contributed by atoms with Gasteiger partial charge in [0.1, 0.15) is 5.60 Å². The maximum Gasteiger partial charge on any atom is 0.197 e. The first-order chi connectivity index (χ1) is 14.7. The summed E-state index contributed by atoms with van der Waals surface area (Å²) in [6.07, 6.45) is 9.95. The Morgan fingerprint density at radius 2 is 1.87 bits per heavy atom. The number of hydrogen-bond acceptors (Lipinski definition) is 7. The molecule has 180 valence electrons. The number of ether oxygens (including phenoxy) is 5. The SMILES string of the molecule is COC(CC=C(C)C)(OC)C(C)CCC[C@]1(C)OC/C(=C/C=N/O)CCC1(OC)OC. The maximum atomic E-state index is 8.72. The highest BCUT2D eigenvalue weighted by Gasteiger charge is 2.51. The van der Waals surface area contributed by atoms with Gasteiger partial charge in [-0.3, -0.25) is 0 Å². The molecule has 7 nitrogen and oxygen atoms in total. The largest absolute Gasteiger partial charge is 0.411 e. The van der Waals surface area contributed by atoms with Crippen LogP contribution in [-0.2, 0) is 23.7 Å². The molecule has 31 heavy (non-hydrogen) atoms. The lowest BCUT2D eigenvalue weighted by Gasteiger charge is -2.45. The molecule has 2 atom stereocenters. The third-order valence-electron chi connectivity index (χ3n) is 6.72. The van der Waals surface area contributed by atoms with E-state index in [9.17, 15) is 0 Å². The minimum Gasteiger partial charge on any atom is -0.411 e. The molecule has 1 aliphatic heterocycles. The second kappa shape index (κ2) is 12.7. The average molecular weight is 442 g/mol. The summed E-state index contributed by atoms with van der Waals surface area (Å²) in [5.41, 5.74) is 1.64. The van der Waals surface area contributed by atoms with E-state index in [0.717, 1.165) is 31.3 Å². The Hall–Kier alpha value is -1.25. The number of methoxy groups -OCH3 is 4. The Bertz CT molecular complexity index is 618. The number of oxime groups is 1. The molecule has 0 radical (unpaired) electrons. The van der Waals surface area contributed by atoms with Crippen LogP contribution in [0, 0.1) is 5.92 Å². The van der Waals surface area contributed by atoms with Crippen molar-refractivity contribution in [3.05, 3.63) is 23.3 Å². The van der Waals surface area contributed by atoms with Crippen molar-refractivity contribution in [1.82, 2.24) is 0 Å². The monoisotopic (exact) mass is 441 g/mol. The highest BCUT2D eigenvalue weighted by Crippen LogP contribution is 2.42. The number of rotatable bonds is 12. The van der Waals surface area contributed by atoms with Crippen LogP contribution in [0.25, 0.3) is 0 Å². The van der Waals surface area contributed by atoms with E-state index in [2.05, 4.69) is 38.9 Å². The molecule has 1 aliphatic rings. The molecule has 0 bridgehead atoms. The highest BCUT2D eigenvalue weighted by atomic mass is 16.7. The Morgan fingerprint density at radius 1 is 1.23 bits per heavy atom. The molecular formula is C24H43NO6. The molecule has 7 heteroatoms. The van der Waals surface area contributed by atoms with E-state index in [4.69, 9.17) is 28.9 Å². The van der Waals surface area contributed by atoms with Crippen molar-refractivity contribution < 1.29 is 28.9 Å². The average Bonchev–Trinajstić information content (AvgIpc) is 2.90. The normalized spacial score (nSPS) is 24.3. The fourth-order valence-electron chi connectivity index (χ4n) is 4.44. The summed E-state index contributed by atoms with van der Waals surface area (Å²) in [4.78, 5) is 0. The molecular weight excluding hydrogens is 398 g/mol. The van der Waals surface area contributed by atoms with Crippen LogP contribution in [-0.4, -0.2) is 63.6 Å². The summed E-state index contributed by atoms with van der Waals surface area (Å²) in [5, 5.41) is 11.8. The van der Waals surface area contributed by atoms with Crippen LogP contribution < -0.4 is 0 Å². The fraction of sp³-hybridized carbons (Fsp3) is 0.792. The first-order valence-corrected chi connectivity index (χ1v) is 11.0. The first kappa shape index (κ1) is 27.8. The van der Waals surface area contributed by atoms with Crippen molar-refractivity contribution >= 4 is 6.21 Å². The summed E-state index contributed by atoms with van der Waals surface area (Å²) in [6.45, 7) is 8.81. The van der Waals surface area contributed by atoms with Gasteiger partial charge < -0.3 is 28.9 Å². The van der Waals surface area contributed by atoms with Crippen molar-refractivity contribution in [1.29, 1.82) is 0 Å². The van der Waals surface area contributed by atoms with Crippen molar-refractivity contribution in [3.8, 4) is 0 Å². The van der Waals surface area contributed by atoms with Gasteiger partial charge in [0.05, 0.1) is 12.8 Å². The van der Waals surface area contributed by atoms with Gasteiger partial charge in [0, 0.05) is 47.2 Å². The lowest BCUT2D eigenvalue weighted by molar-refractivity contribution is -0.307. The van der Waals surface area contributed by atoms with Gasteiger partial charge >= 0.3 is 0 Å². The number of hydrogen-bond donors (Lipinski definition) is 1.